The lowest BCUT2D eigenvalue weighted by Gasteiger charge is -2.14. The molecule has 0 radical (unpaired) electrons. The number of halogens is 2. The number of benzene rings is 1. The molecule has 1 aromatic carbocycles. The summed E-state index contributed by atoms with van der Waals surface area (Å²) in [6.45, 7) is 5.91. The first-order valence-corrected chi connectivity index (χ1v) is 8.26. The van der Waals surface area contributed by atoms with Crippen LogP contribution in [0, 0.1) is 29.6 Å². The number of carbonyl (C=O) groups excluding carboxylic acids is 1. The van der Waals surface area contributed by atoms with Crippen molar-refractivity contribution in [2.75, 3.05) is 13.2 Å². The molecular formula is C17H16Br2O3. The van der Waals surface area contributed by atoms with Crippen molar-refractivity contribution in [1.29, 1.82) is 0 Å². The molecule has 22 heavy (non-hydrogen) atoms. The topological polar surface area (TPSA) is 35.5 Å². The van der Waals surface area contributed by atoms with Gasteiger partial charge in [0.25, 0.3) is 0 Å². The maximum Gasteiger partial charge on any atom is 0.339 e. The van der Waals surface area contributed by atoms with Crippen molar-refractivity contribution < 1.29 is 14.3 Å². The minimum atomic E-state index is -0.398. The standard InChI is InChI=1S/C17H16Br2O3/c1-4-7-12(8-5-2)11-22-16-14(18)10-9-13(15(16)19)17(20)21-6-3/h9-10,12H,6,11H2,1-3H3. The van der Waals surface area contributed by atoms with E-state index in [1.54, 1.807) is 32.9 Å². The molecule has 0 aliphatic rings. The highest BCUT2D eigenvalue weighted by molar-refractivity contribution is 9.11. The van der Waals surface area contributed by atoms with Crippen molar-refractivity contribution >= 4 is 37.8 Å². The van der Waals surface area contributed by atoms with Gasteiger partial charge in [0, 0.05) is 0 Å². The van der Waals surface area contributed by atoms with Gasteiger partial charge in [0.15, 0.2) is 0 Å². The van der Waals surface area contributed by atoms with Crippen LogP contribution < -0.4 is 4.74 Å². The lowest BCUT2D eigenvalue weighted by molar-refractivity contribution is 0.0524. The number of carbonyl (C=O) groups is 1. The molecule has 0 fully saturated rings. The molecule has 1 aromatic rings. The molecule has 116 valence electrons. The third-order valence-corrected chi connectivity index (χ3v) is 3.99. The zero-order chi connectivity index (χ0) is 16.5. The Labute approximate surface area is 148 Å². The Kier molecular flexibility index (Phi) is 8.09. The number of hydrogen-bond acceptors (Lipinski definition) is 3. The fourth-order valence-corrected chi connectivity index (χ4v) is 3.00. The lowest BCUT2D eigenvalue weighted by Crippen LogP contribution is -2.11. The van der Waals surface area contributed by atoms with Gasteiger partial charge in [0.2, 0.25) is 0 Å². The second-order valence-electron chi connectivity index (χ2n) is 4.11. The van der Waals surface area contributed by atoms with Crippen LogP contribution in [-0.2, 0) is 4.74 Å². The average molecular weight is 428 g/mol. The highest BCUT2D eigenvalue weighted by Gasteiger charge is 2.18. The molecule has 0 amide bonds. The molecular weight excluding hydrogens is 412 g/mol. The van der Waals surface area contributed by atoms with Gasteiger partial charge < -0.3 is 9.47 Å². The van der Waals surface area contributed by atoms with Gasteiger partial charge in [0.1, 0.15) is 18.3 Å². The molecule has 0 N–H and O–H groups in total. The van der Waals surface area contributed by atoms with Gasteiger partial charge in [-0.2, -0.15) is 0 Å². The van der Waals surface area contributed by atoms with Crippen LogP contribution in [0.4, 0.5) is 0 Å². The predicted molar refractivity (Wildman–Crippen MR) is 93.7 cm³/mol. The van der Waals surface area contributed by atoms with Crippen LogP contribution in [0.25, 0.3) is 0 Å². The maximum atomic E-state index is 11.9. The molecule has 0 saturated carbocycles. The highest BCUT2D eigenvalue weighted by Crippen LogP contribution is 2.36. The zero-order valence-corrected chi connectivity index (χ0v) is 15.8. The fourth-order valence-electron chi connectivity index (χ4n) is 1.67. The maximum absolute atomic E-state index is 11.9. The Hall–Kier alpha value is -1.43. The Bertz CT molecular complexity index is 640. The summed E-state index contributed by atoms with van der Waals surface area (Å²) in [6, 6.07) is 3.42. The van der Waals surface area contributed by atoms with Crippen LogP contribution in [0.2, 0.25) is 0 Å². The first-order valence-electron chi connectivity index (χ1n) is 6.67. The predicted octanol–water partition coefficient (Wildman–Crippen LogP) is 4.43. The van der Waals surface area contributed by atoms with Gasteiger partial charge in [-0.3, -0.25) is 0 Å². The largest absolute Gasteiger partial charge is 0.489 e. The van der Waals surface area contributed by atoms with Gasteiger partial charge in [0.05, 0.1) is 21.1 Å². The van der Waals surface area contributed by atoms with Crippen molar-refractivity contribution in [2.45, 2.75) is 20.8 Å². The van der Waals surface area contributed by atoms with E-state index in [1.165, 1.54) is 0 Å². The molecule has 0 aliphatic heterocycles. The van der Waals surface area contributed by atoms with E-state index in [4.69, 9.17) is 9.47 Å². The third-order valence-electron chi connectivity index (χ3n) is 2.58. The Balaban J connectivity index is 3.02. The molecule has 0 bridgehead atoms. The molecule has 0 heterocycles. The van der Waals surface area contributed by atoms with E-state index >= 15 is 0 Å². The summed E-state index contributed by atoms with van der Waals surface area (Å²) in [5.41, 5.74) is 0.416. The minimum absolute atomic E-state index is 0.181. The van der Waals surface area contributed by atoms with Gasteiger partial charge in [-0.15, -0.1) is 11.8 Å². The van der Waals surface area contributed by atoms with Crippen LogP contribution in [-0.4, -0.2) is 19.2 Å². The van der Waals surface area contributed by atoms with E-state index in [0.717, 1.165) is 4.47 Å². The summed E-state index contributed by atoms with van der Waals surface area (Å²) in [4.78, 5) is 11.9. The monoisotopic (exact) mass is 426 g/mol. The molecule has 0 aromatic heterocycles. The summed E-state index contributed by atoms with van der Waals surface area (Å²) in [6.07, 6.45) is 0. The quantitative estimate of drug-likeness (QED) is 0.515. The van der Waals surface area contributed by atoms with E-state index in [2.05, 4.69) is 55.5 Å². The van der Waals surface area contributed by atoms with Crippen LogP contribution in [0.5, 0.6) is 5.75 Å². The molecule has 0 unspecified atom stereocenters. The van der Waals surface area contributed by atoms with Crippen molar-refractivity contribution in [3.8, 4) is 29.4 Å². The van der Waals surface area contributed by atoms with Crippen molar-refractivity contribution in [2.24, 2.45) is 5.92 Å². The Morgan fingerprint density at radius 1 is 1.23 bits per heavy atom. The second-order valence-corrected chi connectivity index (χ2v) is 5.76. The van der Waals surface area contributed by atoms with Crippen molar-refractivity contribution in [3.63, 3.8) is 0 Å². The zero-order valence-electron chi connectivity index (χ0n) is 12.6. The molecule has 3 nitrogen and oxygen atoms in total. The first-order chi connectivity index (χ1) is 10.5. The number of rotatable bonds is 5. The average Bonchev–Trinajstić information content (AvgIpc) is 2.47. The SMILES string of the molecule is CC#CC(C#CC)COc1c(Br)ccc(C(=O)OCC)c1Br. The lowest BCUT2D eigenvalue weighted by atomic mass is 10.1. The molecule has 0 aliphatic carbocycles. The molecule has 1 rings (SSSR count). The number of ether oxygens (including phenoxy) is 2. The summed E-state index contributed by atoms with van der Waals surface area (Å²) in [5, 5.41) is 0. The summed E-state index contributed by atoms with van der Waals surface area (Å²) >= 11 is 6.82. The Morgan fingerprint density at radius 2 is 1.86 bits per heavy atom. The molecule has 0 saturated heterocycles. The van der Waals surface area contributed by atoms with E-state index in [0.29, 0.717) is 29.0 Å². The molecule has 5 heteroatoms. The van der Waals surface area contributed by atoms with Gasteiger partial charge in [-0.05, 0) is 64.8 Å². The van der Waals surface area contributed by atoms with Crippen LogP contribution in [0.1, 0.15) is 31.1 Å². The van der Waals surface area contributed by atoms with Crippen molar-refractivity contribution in [3.05, 3.63) is 26.6 Å². The van der Waals surface area contributed by atoms with E-state index in [-0.39, 0.29) is 5.92 Å². The highest BCUT2D eigenvalue weighted by atomic mass is 79.9. The smallest absolute Gasteiger partial charge is 0.339 e. The van der Waals surface area contributed by atoms with Crippen molar-refractivity contribution in [1.82, 2.24) is 0 Å². The van der Waals surface area contributed by atoms with Crippen LogP contribution >= 0.6 is 31.9 Å². The van der Waals surface area contributed by atoms with Gasteiger partial charge in [-0.25, -0.2) is 4.79 Å². The minimum Gasteiger partial charge on any atom is -0.489 e. The number of esters is 1. The summed E-state index contributed by atoms with van der Waals surface area (Å²) in [5.74, 6) is 11.6. The van der Waals surface area contributed by atoms with E-state index < -0.39 is 5.97 Å². The second kappa shape index (κ2) is 9.56. The van der Waals surface area contributed by atoms with E-state index in [9.17, 15) is 4.79 Å². The summed E-state index contributed by atoms with van der Waals surface area (Å²) < 4.78 is 12.1. The van der Waals surface area contributed by atoms with Gasteiger partial charge in [-0.1, -0.05) is 11.8 Å². The van der Waals surface area contributed by atoms with Crippen LogP contribution in [0.3, 0.4) is 0 Å². The normalized spacial score (nSPS) is 9.36. The fraction of sp³-hybridized carbons (Fsp3) is 0.353. The molecule has 0 atom stereocenters. The Morgan fingerprint density at radius 3 is 2.41 bits per heavy atom. The van der Waals surface area contributed by atoms with Crippen LogP contribution in [0.15, 0.2) is 21.1 Å². The van der Waals surface area contributed by atoms with E-state index in [1.807, 2.05) is 0 Å². The first kappa shape index (κ1) is 18.6. The molecule has 0 spiro atoms. The third kappa shape index (κ3) is 5.09. The number of hydrogen-bond donors (Lipinski definition) is 0. The van der Waals surface area contributed by atoms with Gasteiger partial charge >= 0.3 is 5.97 Å². The summed E-state index contributed by atoms with van der Waals surface area (Å²) in [7, 11) is 0.